The van der Waals surface area contributed by atoms with Gasteiger partial charge < -0.3 is 10.1 Å². The number of amides is 1. The molecule has 1 N–H and O–H groups in total. The maximum atomic E-state index is 11.3. The maximum Gasteiger partial charge on any atom is 0.246 e. The van der Waals surface area contributed by atoms with Crippen LogP contribution in [-0.2, 0) is 16.1 Å². The Kier molecular flexibility index (Phi) is 4.09. The average Bonchev–Trinajstić information content (AvgIpc) is 3.14. The summed E-state index contributed by atoms with van der Waals surface area (Å²) in [6.07, 6.45) is 0.963. The lowest BCUT2D eigenvalue weighted by atomic mass is 10.0. The van der Waals surface area contributed by atoms with Crippen LogP contribution >= 0.6 is 0 Å². The minimum atomic E-state index is -0.207. The summed E-state index contributed by atoms with van der Waals surface area (Å²) in [6, 6.07) is 10.6. The predicted octanol–water partition coefficient (Wildman–Crippen LogP) is 1.58. The van der Waals surface area contributed by atoms with Crippen molar-refractivity contribution in [2.24, 2.45) is 0 Å². The number of hydrogen-bond donors (Lipinski definition) is 1. The molecule has 1 aromatic carbocycles. The van der Waals surface area contributed by atoms with Crippen molar-refractivity contribution in [1.82, 2.24) is 20.0 Å². The summed E-state index contributed by atoms with van der Waals surface area (Å²) in [5, 5.41) is 7.51. The van der Waals surface area contributed by atoms with E-state index >= 15 is 0 Å². The summed E-state index contributed by atoms with van der Waals surface area (Å²) in [5.41, 5.74) is 4.32. The number of likely N-dealkylation sites (tertiary alicyclic amines) is 1. The summed E-state index contributed by atoms with van der Waals surface area (Å²) >= 11 is 0. The van der Waals surface area contributed by atoms with E-state index in [1.54, 1.807) is 0 Å². The highest BCUT2D eigenvalue weighted by Crippen LogP contribution is 2.28. The summed E-state index contributed by atoms with van der Waals surface area (Å²) in [4.78, 5) is 13.7. The molecule has 2 saturated heterocycles. The largest absolute Gasteiger partial charge is 0.362 e. The van der Waals surface area contributed by atoms with E-state index < -0.39 is 0 Å². The summed E-state index contributed by atoms with van der Waals surface area (Å²) in [7, 11) is 0. The second-order valence-corrected chi connectivity index (χ2v) is 7.22. The lowest BCUT2D eigenvalue weighted by molar-refractivity contribution is -0.142. The molecule has 132 valence electrons. The van der Waals surface area contributed by atoms with Gasteiger partial charge in [0.05, 0.1) is 17.0 Å². The Morgan fingerprint density at radius 3 is 2.92 bits per heavy atom. The molecule has 6 nitrogen and oxygen atoms in total. The Balaban J connectivity index is 1.46. The van der Waals surface area contributed by atoms with Crippen LogP contribution in [0.4, 0.5) is 0 Å². The number of rotatable bonds is 3. The highest BCUT2D eigenvalue weighted by molar-refractivity contribution is 5.78. The fraction of sp³-hybridized carbons (Fsp3) is 0.474. The first-order valence-corrected chi connectivity index (χ1v) is 8.79. The molecular formula is C19H24N4O2. The Morgan fingerprint density at radius 2 is 2.20 bits per heavy atom. The predicted molar refractivity (Wildman–Crippen MR) is 94.6 cm³/mol. The number of ether oxygens (including phenoxy) is 1. The van der Waals surface area contributed by atoms with Gasteiger partial charge in [-0.3, -0.25) is 9.69 Å². The molecule has 1 unspecified atom stereocenters. The molecule has 6 heteroatoms. The van der Waals surface area contributed by atoms with E-state index in [4.69, 9.17) is 4.74 Å². The van der Waals surface area contributed by atoms with Crippen LogP contribution in [0.25, 0.3) is 5.69 Å². The van der Waals surface area contributed by atoms with Gasteiger partial charge in [-0.05, 0) is 44.0 Å². The molecule has 4 rings (SSSR count). The first kappa shape index (κ1) is 16.3. The Bertz CT molecular complexity index is 788. The normalized spacial score (nSPS) is 24.0. The molecule has 0 bridgehead atoms. The second-order valence-electron chi connectivity index (χ2n) is 7.22. The van der Waals surface area contributed by atoms with Crippen molar-refractivity contribution in [3.8, 4) is 5.69 Å². The molecule has 0 saturated carbocycles. The fourth-order valence-corrected chi connectivity index (χ4v) is 3.84. The smallest absolute Gasteiger partial charge is 0.246 e. The summed E-state index contributed by atoms with van der Waals surface area (Å²) < 4.78 is 7.84. The molecule has 1 amide bonds. The molecule has 2 fully saturated rings. The number of nitrogens with one attached hydrogen (secondary N) is 1. The van der Waals surface area contributed by atoms with Crippen LogP contribution in [0.3, 0.4) is 0 Å². The Hall–Kier alpha value is -2.18. The first-order valence-electron chi connectivity index (χ1n) is 8.79. The van der Waals surface area contributed by atoms with Gasteiger partial charge >= 0.3 is 0 Å². The number of carbonyl (C=O) groups is 1. The van der Waals surface area contributed by atoms with Gasteiger partial charge in [-0.2, -0.15) is 5.10 Å². The number of carbonyl (C=O) groups excluding carboxylic acids is 1. The molecule has 3 heterocycles. The Labute approximate surface area is 147 Å². The zero-order valence-electron chi connectivity index (χ0n) is 14.8. The SMILES string of the molecule is Cc1cc(C)n(-c2cccc(CN3CCC4(CNC(=O)CO4)C3)c2)n1. The van der Waals surface area contributed by atoms with Crippen LogP contribution in [0.5, 0.6) is 0 Å². The third kappa shape index (κ3) is 3.32. The number of morpholine rings is 1. The van der Waals surface area contributed by atoms with Crippen molar-refractivity contribution in [1.29, 1.82) is 0 Å². The van der Waals surface area contributed by atoms with Crippen LogP contribution in [-0.4, -0.2) is 52.4 Å². The van der Waals surface area contributed by atoms with Crippen molar-refractivity contribution in [2.45, 2.75) is 32.4 Å². The number of aromatic nitrogens is 2. The number of benzene rings is 1. The molecule has 25 heavy (non-hydrogen) atoms. The van der Waals surface area contributed by atoms with Crippen molar-refractivity contribution >= 4 is 5.91 Å². The maximum absolute atomic E-state index is 11.3. The van der Waals surface area contributed by atoms with Crippen molar-refractivity contribution < 1.29 is 9.53 Å². The fourth-order valence-electron chi connectivity index (χ4n) is 3.84. The third-order valence-corrected chi connectivity index (χ3v) is 5.08. The highest BCUT2D eigenvalue weighted by Gasteiger charge is 2.41. The van der Waals surface area contributed by atoms with Crippen LogP contribution < -0.4 is 5.32 Å². The quantitative estimate of drug-likeness (QED) is 0.922. The summed E-state index contributed by atoms with van der Waals surface area (Å²) in [6.45, 7) is 7.62. The zero-order chi connectivity index (χ0) is 17.4. The lowest BCUT2D eigenvalue weighted by Crippen LogP contribution is -2.53. The standard InChI is InChI=1S/C19H24N4O2/c1-14-8-15(2)23(21-14)17-5-3-4-16(9-17)10-22-7-6-19(13-22)12-20-18(24)11-25-19/h3-5,8-9H,6-7,10-13H2,1-2H3,(H,20,24). The molecule has 2 aromatic rings. The minimum Gasteiger partial charge on any atom is -0.362 e. The molecule has 0 aliphatic carbocycles. The molecule has 2 aliphatic rings. The number of hydrogen-bond acceptors (Lipinski definition) is 4. The monoisotopic (exact) mass is 340 g/mol. The van der Waals surface area contributed by atoms with Crippen molar-refractivity contribution in [3.63, 3.8) is 0 Å². The summed E-state index contributed by atoms with van der Waals surface area (Å²) in [5.74, 6) is -0.0123. The molecule has 1 spiro atoms. The van der Waals surface area contributed by atoms with Crippen molar-refractivity contribution in [2.75, 3.05) is 26.2 Å². The molecule has 0 radical (unpaired) electrons. The average molecular weight is 340 g/mol. The first-order chi connectivity index (χ1) is 12.0. The second kappa shape index (κ2) is 6.28. The van der Waals surface area contributed by atoms with E-state index in [1.807, 2.05) is 11.6 Å². The van der Waals surface area contributed by atoms with Gasteiger partial charge in [-0.1, -0.05) is 12.1 Å². The van der Waals surface area contributed by atoms with Gasteiger partial charge in [-0.25, -0.2) is 4.68 Å². The molecule has 2 aliphatic heterocycles. The third-order valence-electron chi connectivity index (χ3n) is 5.08. The lowest BCUT2D eigenvalue weighted by Gasteiger charge is -2.33. The molecule has 1 atom stereocenters. The van der Waals surface area contributed by atoms with Gasteiger partial charge in [0.1, 0.15) is 6.61 Å². The number of aryl methyl sites for hydroxylation is 2. The number of nitrogens with zero attached hydrogens (tertiary/aromatic N) is 3. The van der Waals surface area contributed by atoms with Gasteiger partial charge in [0, 0.05) is 31.9 Å². The molecule has 1 aromatic heterocycles. The van der Waals surface area contributed by atoms with Crippen LogP contribution in [0.1, 0.15) is 23.4 Å². The minimum absolute atomic E-state index is 0.0123. The van der Waals surface area contributed by atoms with Gasteiger partial charge in [-0.15, -0.1) is 0 Å². The molecular weight excluding hydrogens is 316 g/mol. The van der Waals surface area contributed by atoms with Crippen LogP contribution in [0, 0.1) is 13.8 Å². The van der Waals surface area contributed by atoms with E-state index in [1.165, 1.54) is 5.56 Å². The van der Waals surface area contributed by atoms with E-state index in [0.29, 0.717) is 6.54 Å². The van der Waals surface area contributed by atoms with E-state index in [2.05, 4.69) is 52.6 Å². The van der Waals surface area contributed by atoms with Crippen LogP contribution in [0.2, 0.25) is 0 Å². The topological polar surface area (TPSA) is 59.4 Å². The van der Waals surface area contributed by atoms with Gasteiger partial charge in [0.25, 0.3) is 0 Å². The highest BCUT2D eigenvalue weighted by atomic mass is 16.5. The van der Waals surface area contributed by atoms with E-state index in [9.17, 15) is 4.79 Å². The van der Waals surface area contributed by atoms with Crippen LogP contribution in [0.15, 0.2) is 30.3 Å². The van der Waals surface area contributed by atoms with Crippen molar-refractivity contribution in [3.05, 3.63) is 47.3 Å². The van der Waals surface area contributed by atoms with Gasteiger partial charge in [0.2, 0.25) is 5.91 Å². The van der Waals surface area contributed by atoms with Gasteiger partial charge in [0.15, 0.2) is 0 Å². The zero-order valence-corrected chi connectivity index (χ0v) is 14.8. The Morgan fingerprint density at radius 1 is 1.32 bits per heavy atom. The van der Waals surface area contributed by atoms with E-state index in [-0.39, 0.29) is 18.1 Å². The van der Waals surface area contributed by atoms with E-state index in [0.717, 1.165) is 43.1 Å².